The van der Waals surface area contributed by atoms with Gasteiger partial charge >= 0.3 is 0 Å². The number of rotatable bonds is 3. The standard InChI is InChI=1S/C12H20N4/c1-9-6-12(16-10(2)15-9)14-8-11-4-3-5-13-7-11/h6,11,13H,3-5,7-8H2,1-2H3,(H,14,15,16). The van der Waals surface area contributed by atoms with Crippen molar-refractivity contribution in [2.75, 3.05) is 25.0 Å². The molecule has 1 unspecified atom stereocenters. The van der Waals surface area contributed by atoms with E-state index in [0.29, 0.717) is 0 Å². The molecule has 0 amide bonds. The minimum atomic E-state index is 0.726. The molecule has 88 valence electrons. The molecule has 2 N–H and O–H groups in total. The number of nitrogens with zero attached hydrogens (tertiary/aromatic N) is 2. The van der Waals surface area contributed by atoms with Gasteiger partial charge in [-0.2, -0.15) is 0 Å². The molecule has 0 spiro atoms. The molecule has 16 heavy (non-hydrogen) atoms. The maximum absolute atomic E-state index is 4.38. The highest BCUT2D eigenvalue weighted by Gasteiger charge is 2.12. The van der Waals surface area contributed by atoms with Gasteiger partial charge in [-0.3, -0.25) is 0 Å². The van der Waals surface area contributed by atoms with Crippen LogP contribution in [-0.2, 0) is 0 Å². The van der Waals surface area contributed by atoms with Crippen molar-refractivity contribution in [3.8, 4) is 0 Å². The summed E-state index contributed by atoms with van der Waals surface area (Å²) in [4.78, 5) is 8.64. The predicted molar refractivity (Wildman–Crippen MR) is 65.6 cm³/mol. The van der Waals surface area contributed by atoms with Crippen molar-refractivity contribution < 1.29 is 0 Å². The van der Waals surface area contributed by atoms with Gasteiger partial charge in [0.2, 0.25) is 0 Å². The molecule has 0 aromatic carbocycles. The van der Waals surface area contributed by atoms with E-state index in [2.05, 4.69) is 20.6 Å². The Labute approximate surface area is 96.9 Å². The van der Waals surface area contributed by atoms with E-state index < -0.39 is 0 Å². The molecule has 4 heteroatoms. The maximum atomic E-state index is 4.38. The second-order valence-electron chi connectivity index (χ2n) is 4.54. The Morgan fingerprint density at radius 3 is 3.00 bits per heavy atom. The quantitative estimate of drug-likeness (QED) is 0.810. The van der Waals surface area contributed by atoms with Crippen molar-refractivity contribution in [3.63, 3.8) is 0 Å². The molecule has 0 radical (unpaired) electrons. The van der Waals surface area contributed by atoms with Crippen LogP contribution < -0.4 is 10.6 Å². The van der Waals surface area contributed by atoms with Crippen molar-refractivity contribution >= 4 is 5.82 Å². The molecule has 2 heterocycles. The van der Waals surface area contributed by atoms with E-state index in [4.69, 9.17) is 0 Å². The van der Waals surface area contributed by atoms with Gasteiger partial charge in [-0.1, -0.05) is 0 Å². The number of anilines is 1. The van der Waals surface area contributed by atoms with Crippen molar-refractivity contribution in [1.29, 1.82) is 0 Å². The molecule has 2 rings (SSSR count). The Morgan fingerprint density at radius 1 is 1.44 bits per heavy atom. The summed E-state index contributed by atoms with van der Waals surface area (Å²) in [5.74, 6) is 2.52. The molecule has 1 aromatic heterocycles. The van der Waals surface area contributed by atoms with E-state index in [1.165, 1.54) is 19.4 Å². The lowest BCUT2D eigenvalue weighted by Gasteiger charge is -2.23. The third-order valence-corrected chi connectivity index (χ3v) is 2.94. The van der Waals surface area contributed by atoms with Crippen molar-refractivity contribution in [2.24, 2.45) is 5.92 Å². The Hall–Kier alpha value is -1.16. The Balaban J connectivity index is 1.88. The van der Waals surface area contributed by atoms with E-state index in [9.17, 15) is 0 Å². The fourth-order valence-corrected chi connectivity index (χ4v) is 2.15. The first kappa shape index (κ1) is 11.3. The largest absolute Gasteiger partial charge is 0.370 e. The molecule has 1 aromatic rings. The fraction of sp³-hybridized carbons (Fsp3) is 0.667. The lowest BCUT2D eigenvalue weighted by atomic mass is 10.00. The summed E-state index contributed by atoms with van der Waals surface area (Å²) in [5.41, 5.74) is 1.02. The highest BCUT2D eigenvalue weighted by atomic mass is 15.0. The first-order chi connectivity index (χ1) is 7.74. The van der Waals surface area contributed by atoms with Gasteiger partial charge in [-0.25, -0.2) is 9.97 Å². The van der Waals surface area contributed by atoms with E-state index in [-0.39, 0.29) is 0 Å². The van der Waals surface area contributed by atoms with Crippen LogP contribution in [0.1, 0.15) is 24.4 Å². The monoisotopic (exact) mass is 220 g/mol. The molecule has 1 aliphatic heterocycles. The zero-order valence-electron chi connectivity index (χ0n) is 10.1. The van der Waals surface area contributed by atoms with Crippen molar-refractivity contribution in [3.05, 3.63) is 17.6 Å². The minimum absolute atomic E-state index is 0.726. The molecule has 1 fully saturated rings. The van der Waals surface area contributed by atoms with Crippen LogP contribution in [0.15, 0.2) is 6.07 Å². The van der Waals surface area contributed by atoms with E-state index in [1.807, 2.05) is 19.9 Å². The Kier molecular flexibility index (Phi) is 3.72. The summed E-state index contributed by atoms with van der Waals surface area (Å²) in [5, 5.41) is 6.83. The lowest BCUT2D eigenvalue weighted by Crippen LogP contribution is -2.33. The number of hydrogen-bond acceptors (Lipinski definition) is 4. The van der Waals surface area contributed by atoms with Crippen LogP contribution in [0.3, 0.4) is 0 Å². The zero-order valence-corrected chi connectivity index (χ0v) is 10.1. The van der Waals surface area contributed by atoms with Crippen LogP contribution in [0.5, 0.6) is 0 Å². The SMILES string of the molecule is Cc1cc(NCC2CCCNC2)nc(C)n1. The van der Waals surface area contributed by atoms with E-state index in [0.717, 1.165) is 36.3 Å². The van der Waals surface area contributed by atoms with Crippen molar-refractivity contribution in [2.45, 2.75) is 26.7 Å². The number of hydrogen-bond donors (Lipinski definition) is 2. The predicted octanol–water partition coefficient (Wildman–Crippen LogP) is 1.50. The number of nitrogens with one attached hydrogen (secondary N) is 2. The highest BCUT2D eigenvalue weighted by Crippen LogP contribution is 2.12. The normalized spacial score (nSPS) is 20.8. The zero-order chi connectivity index (χ0) is 11.4. The molecule has 4 nitrogen and oxygen atoms in total. The smallest absolute Gasteiger partial charge is 0.129 e. The number of aromatic nitrogens is 2. The molecule has 0 aliphatic carbocycles. The van der Waals surface area contributed by atoms with Crippen LogP contribution in [-0.4, -0.2) is 29.6 Å². The van der Waals surface area contributed by atoms with Gasteiger partial charge in [0.05, 0.1) is 0 Å². The van der Waals surface area contributed by atoms with Crippen LogP contribution in [0.4, 0.5) is 5.82 Å². The summed E-state index contributed by atoms with van der Waals surface area (Å²) in [6.45, 7) is 7.23. The molecule has 0 saturated carbocycles. The molecule has 1 atom stereocenters. The van der Waals surface area contributed by atoms with Crippen LogP contribution in [0.25, 0.3) is 0 Å². The summed E-state index contributed by atoms with van der Waals surface area (Å²) in [6.07, 6.45) is 2.59. The van der Waals surface area contributed by atoms with Crippen molar-refractivity contribution in [1.82, 2.24) is 15.3 Å². The third-order valence-electron chi connectivity index (χ3n) is 2.94. The molecule has 0 bridgehead atoms. The second kappa shape index (κ2) is 5.25. The second-order valence-corrected chi connectivity index (χ2v) is 4.54. The maximum Gasteiger partial charge on any atom is 0.129 e. The average molecular weight is 220 g/mol. The van der Waals surface area contributed by atoms with Gasteiger partial charge in [0.15, 0.2) is 0 Å². The van der Waals surface area contributed by atoms with Gasteiger partial charge in [-0.05, 0) is 45.7 Å². The summed E-state index contributed by atoms with van der Waals surface area (Å²) in [7, 11) is 0. The van der Waals surface area contributed by atoms with Crippen LogP contribution in [0, 0.1) is 19.8 Å². The van der Waals surface area contributed by atoms with Gasteiger partial charge in [0, 0.05) is 18.3 Å². The molecule has 1 saturated heterocycles. The molecular formula is C12H20N4. The highest BCUT2D eigenvalue weighted by molar-refractivity contribution is 5.35. The van der Waals surface area contributed by atoms with Gasteiger partial charge in [-0.15, -0.1) is 0 Å². The summed E-state index contributed by atoms with van der Waals surface area (Å²) < 4.78 is 0. The minimum Gasteiger partial charge on any atom is -0.370 e. The first-order valence-corrected chi connectivity index (χ1v) is 6.01. The first-order valence-electron chi connectivity index (χ1n) is 6.01. The number of aryl methyl sites for hydroxylation is 2. The molecule has 1 aliphatic rings. The fourth-order valence-electron chi connectivity index (χ4n) is 2.15. The van der Waals surface area contributed by atoms with Gasteiger partial charge < -0.3 is 10.6 Å². The van der Waals surface area contributed by atoms with Gasteiger partial charge in [0.25, 0.3) is 0 Å². The third kappa shape index (κ3) is 3.17. The van der Waals surface area contributed by atoms with Crippen LogP contribution in [0.2, 0.25) is 0 Å². The van der Waals surface area contributed by atoms with Crippen LogP contribution >= 0.6 is 0 Å². The Bertz CT molecular complexity index is 325. The Morgan fingerprint density at radius 2 is 2.31 bits per heavy atom. The topological polar surface area (TPSA) is 49.8 Å². The summed E-state index contributed by atoms with van der Waals surface area (Å²) >= 11 is 0. The summed E-state index contributed by atoms with van der Waals surface area (Å²) in [6, 6.07) is 2.00. The molecular weight excluding hydrogens is 200 g/mol. The van der Waals surface area contributed by atoms with Gasteiger partial charge in [0.1, 0.15) is 11.6 Å². The number of piperidine rings is 1. The van der Waals surface area contributed by atoms with E-state index in [1.54, 1.807) is 0 Å². The average Bonchev–Trinajstić information content (AvgIpc) is 2.27. The lowest BCUT2D eigenvalue weighted by molar-refractivity contribution is 0.392. The van der Waals surface area contributed by atoms with E-state index >= 15 is 0 Å².